The number of rotatable bonds is 3. The molecule has 2 N–H and O–H groups in total. The highest BCUT2D eigenvalue weighted by atomic mass is 32.1. The fourth-order valence-electron chi connectivity index (χ4n) is 2.65. The Balaban J connectivity index is 1.65. The maximum Gasteiger partial charge on any atom is 0.253 e. The fourth-order valence-corrected chi connectivity index (χ4v) is 2.88. The van der Waals surface area contributed by atoms with Crippen LogP contribution in [0.5, 0.6) is 0 Å². The van der Waals surface area contributed by atoms with E-state index in [1.165, 1.54) is 0 Å². The topological polar surface area (TPSA) is 44.4 Å². The first-order valence-corrected chi connectivity index (χ1v) is 8.15. The quantitative estimate of drug-likeness (QED) is 0.844. The van der Waals surface area contributed by atoms with E-state index in [4.69, 9.17) is 12.2 Å². The zero-order valence-corrected chi connectivity index (χ0v) is 13.6. The van der Waals surface area contributed by atoms with Gasteiger partial charge < -0.3 is 15.5 Å². The van der Waals surface area contributed by atoms with Crippen LogP contribution in [0.1, 0.15) is 23.2 Å². The number of thiocarbonyl (C=S) groups is 1. The number of amides is 1. The Hall–Kier alpha value is -2.40. The Morgan fingerprint density at radius 2 is 1.57 bits per heavy atom. The van der Waals surface area contributed by atoms with E-state index in [0.29, 0.717) is 10.7 Å². The average Bonchev–Trinajstić information content (AvgIpc) is 3.09. The largest absolute Gasteiger partial charge is 0.339 e. The summed E-state index contributed by atoms with van der Waals surface area (Å²) >= 11 is 5.32. The molecular formula is C18H19N3OS. The molecule has 0 aliphatic carbocycles. The van der Waals surface area contributed by atoms with Gasteiger partial charge in [-0.15, -0.1) is 0 Å². The van der Waals surface area contributed by atoms with Crippen LogP contribution >= 0.6 is 12.2 Å². The van der Waals surface area contributed by atoms with Gasteiger partial charge in [0.2, 0.25) is 0 Å². The molecular weight excluding hydrogens is 306 g/mol. The smallest absolute Gasteiger partial charge is 0.253 e. The molecule has 3 rings (SSSR count). The minimum Gasteiger partial charge on any atom is -0.339 e. The van der Waals surface area contributed by atoms with Crippen LogP contribution < -0.4 is 10.6 Å². The molecule has 1 saturated heterocycles. The van der Waals surface area contributed by atoms with Gasteiger partial charge in [-0.05, 0) is 55.4 Å². The van der Waals surface area contributed by atoms with Crippen molar-refractivity contribution in [3.05, 3.63) is 60.2 Å². The van der Waals surface area contributed by atoms with Crippen molar-refractivity contribution in [1.29, 1.82) is 0 Å². The second-order valence-electron chi connectivity index (χ2n) is 5.53. The van der Waals surface area contributed by atoms with Crippen molar-refractivity contribution in [2.75, 3.05) is 23.7 Å². The van der Waals surface area contributed by atoms with Gasteiger partial charge in [-0.3, -0.25) is 4.79 Å². The summed E-state index contributed by atoms with van der Waals surface area (Å²) < 4.78 is 0. The lowest BCUT2D eigenvalue weighted by Crippen LogP contribution is -2.27. The average molecular weight is 325 g/mol. The lowest BCUT2D eigenvalue weighted by molar-refractivity contribution is 0.0793. The third kappa shape index (κ3) is 4.07. The first kappa shape index (κ1) is 15.5. The van der Waals surface area contributed by atoms with Crippen LogP contribution in [0.4, 0.5) is 11.4 Å². The van der Waals surface area contributed by atoms with Gasteiger partial charge in [0.25, 0.3) is 5.91 Å². The predicted molar refractivity (Wildman–Crippen MR) is 97.9 cm³/mol. The Bertz CT molecular complexity index is 696. The number of nitrogens with zero attached hydrogens (tertiary/aromatic N) is 1. The Labute approximate surface area is 141 Å². The van der Waals surface area contributed by atoms with Crippen molar-refractivity contribution >= 4 is 34.6 Å². The molecule has 1 fully saturated rings. The molecule has 1 aliphatic heterocycles. The third-order valence-corrected chi connectivity index (χ3v) is 4.00. The number of carbonyl (C=O) groups is 1. The van der Waals surface area contributed by atoms with Gasteiger partial charge in [0.05, 0.1) is 0 Å². The molecule has 0 saturated carbocycles. The number of anilines is 2. The van der Waals surface area contributed by atoms with Crippen molar-refractivity contribution in [2.45, 2.75) is 12.8 Å². The highest BCUT2D eigenvalue weighted by Crippen LogP contribution is 2.17. The molecule has 1 heterocycles. The van der Waals surface area contributed by atoms with E-state index in [9.17, 15) is 4.79 Å². The van der Waals surface area contributed by atoms with Crippen molar-refractivity contribution in [2.24, 2.45) is 0 Å². The third-order valence-electron chi connectivity index (χ3n) is 3.79. The van der Waals surface area contributed by atoms with Crippen LogP contribution in [0.15, 0.2) is 54.6 Å². The molecule has 1 aliphatic rings. The molecule has 0 spiro atoms. The number of carbonyl (C=O) groups excluding carboxylic acids is 1. The van der Waals surface area contributed by atoms with Gasteiger partial charge in [0.15, 0.2) is 5.11 Å². The summed E-state index contributed by atoms with van der Waals surface area (Å²) in [6.45, 7) is 1.70. The number of hydrogen-bond acceptors (Lipinski definition) is 2. The van der Waals surface area contributed by atoms with E-state index >= 15 is 0 Å². The maximum atomic E-state index is 12.4. The summed E-state index contributed by atoms with van der Waals surface area (Å²) in [6, 6.07) is 17.2. The monoisotopic (exact) mass is 325 g/mol. The first-order chi connectivity index (χ1) is 11.2. The molecule has 5 heteroatoms. The summed E-state index contributed by atoms with van der Waals surface area (Å²) in [5.41, 5.74) is 2.43. The van der Waals surface area contributed by atoms with Gasteiger partial charge in [-0.25, -0.2) is 0 Å². The normalized spacial score (nSPS) is 13.7. The predicted octanol–water partition coefficient (Wildman–Crippen LogP) is 3.73. The standard InChI is InChI=1S/C18H19N3OS/c22-17(21-11-4-5-12-21)14-7-6-10-16(13-14)20-18(23)19-15-8-2-1-3-9-15/h1-3,6-10,13H,4-5,11-12H2,(H2,19,20,23). The van der Waals surface area contributed by atoms with Gasteiger partial charge in [-0.2, -0.15) is 0 Å². The molecule has 0 aromatic heterocycles. The van der Waals surface area contributed by atoms with Crippen LogP contribution in [0, 0.1) is 0 Å². The number of likely N-dealkylation sites (tertiary alicyclic amines) is 1. The van der Waals surface area contributed by atoms with Crippen LogP contribution in [0.3, 0.4) is 0 Å². The van der Waals surface area contributed by atoms with Crippen LogP contribution in [-0.2, 0) is 0 Å². The molecule has 0 unspecified atom stereocenters. The molecule has 0 atom stereocenters. The summed E-state index contributed by atoms with van der Waals surface area (Å²) in [7, 11) is 0. The molecule has 118 valence electrons. The maximum absolute atomic E-state index is 12.4. The molecule has 0 radical (unpaired) electrons. The van der Waals surface area contributed by atoms with Gasteiger partial charge in [0.1, 0.15) is 0 Å². The lowest BCUT2D eigenvalue weighted by Gasteiger charge is -2.16. The van der Waals surface area contributed by atoms with E-state index in [1.54, 1.807) is 0 Å². The summed E-state index contributed by atoms with van der Waals surface area (Å²) in [4.78, 5) is 14.3. The van der Waals surface area contributed by atoms with Crippen LogP contribution in [-0.4, -0.2) is 29.0 Å². The van der Waals surface area contributed by atoms with Crippen molar-refractivity contribution < 1.29 is 4.79 Å². The Morgan fingerprint density at radius 3 is 2.30 bits per heavy atom. The molecule has 4 nitrogen and oxygen atoms in total. The summed E-state index contributed by atoms with van der Waals surface area (Å²) in [5, 5.41) is 6.75. The Kier molecular flexibility index (Phi) is 4.88. The SMILES string of the molecule is O=C(c1cccc(NC(=S)Nc2ccccc2)c1)N1CCCC1. The minimum absolute atomic E-state index is 0.0908. The Morgan fingerprint density at radius 1 is 0.913 bits per heavy atom. The second kappa shape index (κ2) is 7.24. The van der Waals surface area contributed by atoms with E-state index in [1.807, 2.05) is 59.5 Å². The van der Waals surface area contributed by atoms with E-state index in [-0.39, 0.29) is 5.91 Å². The summed E-state index contributed by atoms with van der Waals surface area (Å²) in [5.74, 6) is 0.0908. The fraction of sp³-hybridized carbons (Fsp3) is 0.222. The molecule has 0 bridgehead atoms. The second-order valence-corrected chi connectivity index (χ2v) is 5.93. The highest BCUT2D eigenvalue weighted by Gasteiger charge is 2.19. The lowest BCUT2D eigenvalue weighted by atomic mass is 10.2. The van der Waals surface area contributed by atoms with Crippen LogP contribution in [0.2, 0.25) is 0 Å². The van der Waals surface area contributed by atoms with Crippen molar-refractivity contribution in [1.82, 2.24) is 4.90 Å². The summed E-state index contributed by atoms with van der Waals surface area (Å²) in [6.07, 6.45) is 2.18. The van der Waals surface area contributed by atoms with Crippen molar-refractivity contribution in [3.63, 3.8) is 0 Å². The molecule has 1 amide bonds. The zero-order chi connectivity index (χ0) is 16.1. The van der Waals surface area contributed by atoms with Crippen molar-refractivity contribution in [3.8, 4) is 0 Å². The zero-order valence-electron chi connectivity index (χ0n) is 12.8. The van der Waals surface area contributed by atoms with E-state index < -0.39 is 0 Å². The van der Waals surface area contributed by atoms with Gasteiger partial charge in [-0.1, -0.05) is 24.3 Å². The van der Waals surface area contributed by atoms with Gasteiger partial charge >= 0.3 is 0 Å². The van der Waals surface area contributed by atoms with E-state index in [2.05, 4.69) is 10.6 Å². The first-order valence-electron chi connectivity index (χ1n) is 7.75. The molecule has 2 aromatic rings. The molecule has 23 heavy (non-hydrogen) atoms. The minimum atomic E-state index is 0.0908. The molecule has 2 aromatic carbocycles. The number of benzene rings is 2. The highest BCUT2D eigenvalue weighted by molar-refractivity contribution is 7.80. The number of nitrogens with one attached hydrogen (secondary N) is 2. The number of para-hydroxylation sites is 1. The van der Waals surface area contributed by atoms with E-state index in [0.717, 1.165) is 37.3 Å². The number of hydrogen-bond donors (Lipinski definition) is 2. The van der Waals surface area contributed by atoms with Gasteiger partial charge in [0, 0.05) is 30.0 Å². The van der Waals surface area contributed by atoms with Crippen LogP contribution in [0.25, 0.3) is 0 Å².